The van der Waals surface area contributed by atoms with E-state index < -0.39 is 11.6 Å². The van der Waals surface area contributed by atoms with Crippen LogP contribution in [0, 0.1) is 6.92 Å². The molecule has 0 spiro atoms. The van der Waals surface area contributed by atoms with Gasteiger partial charge in [0, 0.05) is 12.1 Å². The zero-order valence-corrected chi connectivity index (χ0v) is 22.6. The number of hydrogen-bond donors (Lipinski definition) is 1. The molecule has 3 aromatic carbocycles. The maximum absolute atomic E-state index is 14.0. The Hall–Kier alpha value is -4.20. The number of carbonyl (C=O) groups excluding carboxylic acids is 2. The van der Waals surface area contributed by atoms with Gasteiger partial charge in [0.05, 0.1) is 12.6 Å². The minimum atomic E-state index is -0.865. The first-order chi connectivity index (χ1) is 18.2. The van der Waals surface area contributed by atoms with Crippen molar-refractivity contribution >= 4 is 22.8 Å². The van der Waals surface area contributed by atoms with Gasteiger partial charge in [-0.3, -0.25) is 9.59 Å². The molecule has 198 valence electrons. The van der Waals surface area contributed by atoms with E-state index >= 15 is 0 Å². The molecular weight excluding hydrogens is 478 g/mol. The Bertz CT molecular complexity index is 1420. The number of fused-ring (bicyclic) bond motifs is 1. The highest BCUT2D eigenvalue weighted by atomic mass is 16.5. The number of nitrogens with zero attached hydrogens (tertiary/aromatic N) is 4. The molecule has 8 heteroatoms. The van der Waals surface area contributed by atoms with Gasteiger partial charge < -0.3 is 15.0 Å². The predicted molar refractivity (Wildman–Crippen MR) is 148 cm³/mol. The van der Waals surface area contributed by atoms with Gasteiger partial charge in [-0.2, -0.15) is 0 Å². The molecule has 0 saturated heterocycles. The summed E-state index contributed by atoms with van der Waals surface area (Å²) in [4.78, 5) is 29.5. The van der Waals surface area contributed by atoms with Gasteiger partial charge in [0.2, 0.25) is 11.8 Å². The quantitative estimate of drug-likeness (QED) is 0.357. The maximum Gasteiger partial charge on any atom is 0.247 e. The third-order valence-corrected chi connectivity index (χ3v) is 6.38. The van der Waals surface area contributed by atoms with E-state index in [1.54, 1.807) is 16.7 Å². The predicted octanol–water partition coefficient (Wildman–Crippen LogP) is 4.48. The average molecular weight is 514 g/mol. The Morgan fingerprint density at radius 3 is 2.50 bits per heavy atom. The second-order valence-electron chi connectivity index (χ2n) is 10.4. The lowest BCUT2D eigenvalue weighted by Crippen LogP contribution is -2.50. The normalized spacial score (nSPS) is 12.2. The molecule has 1 heterocycles. The smallest absolute Gasteiger partial charge is 0.247 e. The molecule has 38 heavy (non-hydrogen) atoms. The summed E-state index contributed by atoms with van der Waals surface area (Å²) < 4.78 is 7.03. The highest BCUT2D eigenvalue weighted by Gasteiger charge is 2.33. The summed E-state index contributed by atoms with van der Waals surface area (Å²) in [5, 5.41) is 11.5. The molecule has 0 saturated carbocycles. The fourth-order valence-electron chi connectivity index (χ4n) is 4.50. The van der Waals surface area contributed by atoms with Crippen molar-refractivity contribution < 1.29 is 14.3 Å². The number of amides is 2. The van der Waals surface area contributed by atoms with E-state index in [0.29, 0.717) is 29.8 Å². The van der Waals surface area contributed by atoms with Crippen LogP contribution >= 0.6 is 0 Å². The van der Waals surface area contributed by atoms with Crippen molar-refractivity contribution in [3.63, 3.8) is 0 Å². The molecule has 1 atom stereocenters. The van der Waals surface area contributed by atoms with Crippen molar-refractivity contribution in [1.82, 2.24) is 25.2 Å². The molecule has 1 aromatic heterocycles. The number of methoxy groups -OCH3 is 1. The third-order valence-electron chi connectivity index (χ3n) is 6.38. The Kier molecular flexibility index (Phi) is 8.10. The number of ether oxygens (including phenoxy) is 1. The average Bonchev–Trinajstić information content (AvgIpc) is 3.29. The van der Waals surface area contributed by atoms with Gasteiger partial charge in [-0.25, -0.2) is 4.68 Å². The molecule has 8 nitrogen and oxygen atoms in total. The molecule has 4 aromatic rings. The Balaban J connectivity index is 1.75. The lowest BCUT2D eigenvalue weighted by molar-refractivity contribution is -0.142. The van der Waals surface area contributed by atoms with Gasteiger partial charge in [0.1, 0.15) is 23.9 Å². The van der Waals surface area contributed by atoms with Crippen molar-refractivity contribution in [2.45, 2.75) is 52.2 Å². The van der Waals surface area contributed by atoms with Crippen molar-refractivity contribution in [1.29, 1.82) is 0 Å². The second-order valence-corrected chi connectivity index (χ2v) is 10.4. The fraction of sp³-hybridized carbons (Fsp3) is 0.333. The maximum atomic E-state index is 14.0. The van der Waals surface area contributed by atoms with Crippen LogP contribution in [0.3, 0.4) is 0 Å². The highest BCUT2D eigenvalue weighted by Crippen LogP contribution is 2.27. The number of hydrogen-bond acceptors (Lipinski definition) is 5. The van der Waals surface area contributed by atoms with Crippen LogP contribution in [0.15, 0.2) is 72.8 Å². The van der Waals surface area contributed by atoms with Crippen molar-refractivity contribution in [2.24, 2.45) is 0 Å². The van der Waals surface area contributed by atoms with Crippen molar-refractivity contribution in [3.8, 4) is 5.75 Å². The Morgan fingerprint density at radius 1 is 1.03 bits per heavy atom. The molecular formula is C30H35N5O3. The van der Waals surface area contributed by atoms with Gasteiger partial charge in [-0.1, -0.05) is 53.7 Å². The largest absolute Gasteiger partial charge is 0.497 e. The van der Waals surface area contributed by atoms with E-state index in [-0.39, 0.29) is 18.4 Å². The van der Waals surface area contributed by atoms with Gasteiger partial charge in [0.15, 0.2) is 0 Å². The minimum Gasteiger partial charge on any atom is -0.497 e. The minimum absolute atomic E-state index is 0.0441. The topological polar surface area (TPSA) is 89.4 Å². The highest BCUT2D eigenvalue weighted by molar-refractivity contribution is 5.89. The lowest BCUT2D eigenvalue weighted by atomic mass is 9.99. The SMILES string of the molecule is COc1cccc([C@H](C(=O)NC(C)(C)C)N(CCc2ccccc2C)C(=O)Cn2nnc3ccccc32)c1. The number of aromatic nitrogens is 3. The number of aryl methyl sites for hydroxylation is 1. The van der Waals surface area contributed by atoms with Crippen LogP contribution in [0.25, 0.3) is 11.0 Å². The van der Waals surface area contributed by atoms with Crippen LogP contribution in [0.2, 0.25) is 0 Å². The van der Waals surface area contributed by atoms with Gasteiger partial charge in [-0.05, 0) is 75.1 Å². The van der Waals surface area contributed by atoms with E-state index in [0.717, 1.165) is 16.6 Å². The monoisotopic (exact) mass is 513 g/mol. The zero-order valence-electron chi connectivity index (χ0n) is 22.6. The van der Waals surface area contributed by atoms with Crippen molar-refractivity contribution in [2.75, 3.05) is 13.7 Å². The van der Waals surface area contributed by atoms with E-state index in [4.69, 9.17) is 4.74 Å². The first-order valence-electron chi connectivity index (χ1n) is 12.7. The Morgan fingerprint density at radius 2 is 1.76 bits per heavy atom. The van der Waals surface area contributed by atoms with E-state index in [1.165, 1.54) is 0 Å². The molecule has 0 aliphatic heterocycles. The molecule has 4 rings (SSSR count). The number of rotatable bonds is 9. The summed E-state index contributed by atoms with van der Waals surface area (Å²) in [5.41, 5.74) is 3.92. The second kappa shape index (κ2) is 11.5. The van der Waals surface area contributed by atoms with Crippen LogP contribution in [0.1, 0.15) is 43.5 Å². The number of carbonyl (C=O) groups is 2. The fourth-order valence-corrected chi connectivity index (χ4v) is 4.50. The molecule has 0 radical (unpaired) electrons. The van der Waals surface area contributed by atoms with Gasteiger partial charge in [0.25, 0.3) is 0 Å². The Labute approximate surface area is 223 Å². The van der Waals surface area contributed by atoms with Crippen molar-refractivity contribution in [3.05, 3.63) is 89.5 Å². The summed E-state index contributed by atoms with van der Waals surface area (Å²) in [6, 6.07) is 22.1. The molecule has 0 fully saturated rings. The van der Waals surface area contributed by atoms with Crippen LogP contribution in [-0.4, -0.2) is 50.9 Å². The number of benzene rings is 3. The van der Waals surface area contributed by atoms with Crippen LogP contribution in [0.5, 0.6) is 5.75 Å². The van der Waals surface area contributed by atoms with Crippen LogP contribution < -0.4 is 10.1 Å². The van der Waals surface area contributed by atoms with Crippen LogP contribution in [0.4, 0.5) is 0 Å². The molecule has 0 bridgehead atoms. The molecule has 0 aliphatic carbocycles. The van der Waals surface area contributed by atoms with Crippen LogP contribution in [-0.2, 0) is 22.6 Å². The van der Waals surface area contributed by atoms with E-state index in [1.807, 2.05) is 81.4 Å². The molecule has 0 aliphatic rings. The molecule has 0 unspecified atom stereocenters. The van der Waals surface area contributed by atoms with Gasteiger partial charge >= 0.3 is 0 Å². The number of nitrogens with one attached hydrogen (secondary N) is 1. The zero-order chi connectivity index (χ0) is 27.3. The first-order valence-corrected chi connectivity index (χ1v) is 12.7. The van der Waals surface area contributed by atoms with E-state index in [9.17, 15) is 9.59 Å². The summed E-state index contributed by atoms with van der Waals surface area (Å²) in [5.74, 6) is 0.128. The van der Waals surface area contributed by atoms with E-state index in [2.05, 4.69) is 34.7 Å². The summed E-state index contributed by atoms with van der Waals surface area (Å²) in [6.07, 6.45) is 0.597. The standard InChI is InChI=1S/C30H35N5O3/c1-21-11-6-7-12-22(21)17-18-34(27(36)20-35-26-16-9-8-15-25(26)32-33-35)28(29(37)31-30(2,3)4)23-13-10-14-24(19-23)38-5/h6-16,19,28H,17-18,20H2,1-5H3,(H,31,37)/t28-/m1/s1. The summed E-state index contributed by atoms with van der Waals surface area (Å²) in [6.45, 7) is 8.12. The molecule has 1 N–H and O–H groups in total. The van der Waals surface area contributed by atoms with Gasteiger partial charge in [-0.15, -0.1) is 5.10 Å². The molecule has 2 amide bonds. The summed E-state index contributed by atoms with van der Waals surface area (Å²) >= 11 is 0. The lowest BCUT2D eigenvalue weighted by Gasteiger charge is -2.34. The number of para-hydroxylation sites is 1. The first kappa shape index (κ1) is 26.9. The third kappa shape index (κ3) is 6.37. The summed E-state index contributed by atoms with van der Waals surface area (Å²) in [7, 11) is 1.58.